The Labute approximate surface area is 204 Å². The maximum Gasteiger partial charge on any atom is 0.374 e. The number of rotatable bonds is 8. The fourth-order valence-electron chi connectivity index (χ4n) is 3.95. The van der Waals surface area contributed by atoms with Crippen LogP contribution in [0.15, 0.2) is 65.1 Å². The van der Waals surface area contributed by atoms with Gasteiger partial charge in [-0.2, -0.15) is 0 Å². The summed E-state index contributed by atoms with van der Waals surface area (Å²) in [5.41, 5.74) is 3.07. The number of carbonyl (C=O) groups excluding carboxylic acids is 3. The summed E-state index contributed by atoms with van der Waals surface area (Å²) in [7, 11) is 0. The number of ether oxygens (including phenoxy) is 1. The topological polar surface area (TPSA) is 92.1 Å². The van der Waals surface area contributed by atoms with Gasteiger partial charge in [-0.15, -0.1) is 0 Å². The van der Waals surface area contributed by atoms with Crippen LogP contribution in [0.3, 0.4) is 0 Å². The molecule has 1 aliphatic rings. The quantitative estimate of drug-likeness (QED) is 0.388. The number of anilines is 2. The first-order valence-corrected chi connectivity index (χ1v) is 11.7. The number of hydrogen-bond donors (Lipinski definition) is 1. The largest absolute Gasteiger partial charge is 0.450 e. The number of carbonyl (C=O) groups is 3. The van der Waals surface area contributed by atoms with Crippen LogP contribution in [0.5, 0.6) is 0 Å². The predicted octanol–water partition coefficient (Wildman–Crippen LogP) is 4.09. The molecule has 0 bridgehead atoms. The van der Waals surface area contributed by atoms with Crippen molar-refractivity contribution in [2.75, 3.05) is 49.5 Å². The SMILES string of the molecule is CCN1CCN(c2ccc(NC(=O)COC(=O)c3ccc(-c4ccc(C(C)=O)cc4)o3)cc2)CC1. The van der Waals surface area contributed by atoms with E-state index in [4.69, 9.17) is 9.15 Å². The van der Waals surface area contributed by atoms with E-state index in [9.17, 15) is 14.4 Å². The lowest BCUT2D eigenvalue weighted by molar-refractivity contribution is -0.119. The molecule has 3 aromatic rings. The number of ketones is 1. The molecule has 0 unspecified atom stereocenters. The number of furan rings is 1. The van der Waals surface area contributed by atoms with E-state index in [1.54, 1.807) is 30.3 Å². The van der Waals surface area contributed by atoms with Crippen LogP contribution in [0.1, 0.15) is 34.8 Å². The van der Waals surface area contributed by atoms with Gasteiger partial charge in [-0.25, -0.2) is 4.79 Å². The minimum atomic E-state index is -0.728. The molecule has 1 saturated heterocycles. The monoisotopic (exact) mass is 475 g/mol. The van der Waals surface area contributed by atoms with Gasteiger partial charge in [0, 0.05) is 48.7 Å². The van der Waals surface area contributed by atoms with E-state index in [2.05, 4.69) is 22.0 Å². The molecule has 1 fully saturated rings. The maximum absolute atomic E-state index is 12.3. The second-order valence-electron chi connectivity index (χ2n) is 8.39. The molecular weight excluding hydrogens is 446 g/mol. The van der Waals surface area contributed by atoms with Crippen LogP contribution < -0.4 is 10.2 Å². The van der Waals surface area contributed by atoms with Crippen molar-refractivity contribution < 1.29 is 23.5 Å². The van der Waals surface area contributed by atoms with E-state index >= 15 is 0 Å². The molecule has 0 aliphatic carbocycles. The Hall–Kier alpha value is -3.91. The van der Waals surface area contributed by atoms with Crippen molar-refractivity contribution in [3.8, 4) is 11.3 Å². The van der Waals surface area contributed by atoms with E-state index in [0.29, 0.717) is 17.0 Å². The average molecular weight is 476 g/mol. The van der Waals surface area contributed by atoms with Crippen molar-refractivity contribution in [3.05, 3.63) is 72.0 Å². The van der Waals surface area contributed by atoms with Gasteiger partial charge in [-0.1, -0.05) is 31.2 Å². The third kappa shape index (κ3) is 6.16. The van der Waals surface area contributed by atoms with E-state index in [1.165, 1.54) is 13.0 Å². The first-order chi connectivity index (χ1) is 16.9. The number of hydrogen-bond acceptors (Lipinski definition) is 7. The summed E-state index contributed by atoms with van der Waals surface area (Å²) in [6.07, 6.45) is 0. The Kier molecular flexibility index (Phi) is 7.62. The minimum absolute atomic E-state index is 0.00373. The number of amides is 1. The summed E-state index contributed by atoms with van der Waals surface area (Å²) in [5.74, 6) is -0.730. The predicted molar refractivity (Wildman–Crippen MR) is 134 cm³/mol. The lowest BCUT2D eigenvalue weighted by Gasteiger charge is -2.35. The van der Waals surface area contributed by atoms with Crippen molar-refractivity contribution in [2.45, 2.75) is 13.8 Å². The van der Waals surface area contributed by atoms with Gasteiger partial charge >= 0.3 is 5.97 Å². The number of esters is 1. The van der Waals surface area contributed by atoms with Gasteiger partial charge in [0.2, 0.25) is 5.76 Å². The fraction of sp³-hybridized carbons (Fsp3) is 0.296. The lowest BCUT2D eigenvalue weighted by atomic mass is 10.1. The Morgan fingerprint density at radius 1 is 0.914 bits per heavy atom. The molecule has 1 aliphatic heterocycles. The van der Waals surface area contributed by atoms with Crippen LogP contribution in [-0.4, -0.2) is 61.9 Å². The molecule has 1 aromatic heterocycles. The smallest absolute Gasteiger partial charge is 0.374 e. The van der Waals surface area contributed by atoms with Crippen LogP contribution in [0.25, 0.3) is 11.3 Å². The summed E-state index contributed by atoms with van der Waals surface area (Å²) < 4.78 is 10.7. The van der Waals surface area contributed by atoms with E-state index in [-0.39, 0.29) is 11.5 Å². The molecule has 0 radical (unpaired) electrons. The van der Waals surface area contributed by atoms with Crippen molar-refractivity contribution in [3.63, 3.8) is 0 Å². The molecule has 0 spiro atoms. The number of likely N-dealkylation sites (N-methyl/N-ethyl adjacent to an activating group) is 1. The number of nitrogens with zero attached hydrogens (tertiary/aromatic N) is 2. The highest BCUT2D eigenvalue weighted by Gasteiger charge is 2.17. The lowest BCUT2D eigenvalue weighted by Crippen LogP contribution is -2.46. The molecule has 182 valence electrons. The van der Waals surface area contributed by atoms with Gasteiger partial charge < -0.3 is 24.3 Å². The van der Waals surface area contributed by atoms with Gasteiger partial charge in [0.1, 0.15) is 5.76 Å². The van der Waals surface area contributed by atoms with Gasteiger partial charge in [-0.05, 0) is 49.9 Å². The highest BCUT2D eigenvalue weighted by molar-refractivity contribution is 5.95. The van der Waals surface area contributed by atoms with Gasteiger partial charge in [0.25, 0.3) is 5.91 Å². The molecule has 1 amide bonds. The highest BCUT2D eigenvalue weighted by atomic mass is 16.5. The summed E-state index contributed by atoms with van der Waals surface area (Å²) in [4.78, 5) is 40.7. The van der Waals surface area contributed by atoms with Gasteiger partial charge in [0.15, 0.2) is 12.4 Å². The molecule has 2 heterocycles. The zero-order chi connectivity index (χ0) is 24.8. The third-order valence-electron chi connectivity index (χ3n) is 6.05. The molecule has 0 atom stereocenters. The first kappa shape index (κ1) is 24.2. The average Bonchev–Trinajstić information content (AvgIpc) is 3.38. The molecule has 2 aromatic carbocycles. The van der Waals surface area contributed by atoms with Crippen molar-refractivity contribution >= 4 is 29.0 Å². The van der Waals surface area contributed by atoms with Crippen LogP contribution in [-0.2, 0) is 9.53 Å². The molecule has 35 heavy (non-hydrogen) atoms. The van der Waals surface area contributed by atoms with Crippen LogP contribution in [0.2, 0.25) is 0 Å². The number of benzene rings is 2. The molecule has 0 saturated carbocycles. The standard InChI is InChI=1S/C27H29N3O5/c1-3-29-14-16-30(17-15-29)23-10-8-22(9-11-23)28-26(32)18-34-27(33)25-13-12-24(35-25)21-6-4-20(5-7-21)19(2)31/h4-13H,3,14-18H2,1-2H3,(H,28,32). The number of piperazine rings is 1. The molecule has 8 nitrogen and oxygen atoms in total. The Morgan fingerprint density at radius 3 is 2.23 bits per heavy atom. The second-order valence-corrected chi connectivity index (χ2v) is 8.39. The summed E-state index contributed by atoms with van der Waals surface area (Å²) >= 11 is 0. The summed E-state index contributed by atoms with van der Waals surface area (Å²) in [6, 6.07) is 17.7. The normalized spacial score (nSPS) is 13.9. The van der Waals surface area contributed by atoms with Crippen molar-refractivity contribution in [2.24, 2.45) is 0 Å². The van der Waals surface area contributed by atoms with E-state index < -0.39 is 18.5 Å². The summed E-state index contributed by atoms with van der Waals surface area (Å²) in [5, 5.41) is 2.74. The van der Waals surface area contributed by atoms with E-state index in [1.807, 2.05) is 24.3 Å². The Balaban J connectivity index is 1.26. The fourth-order valence-corrected chi connectivity index (χ4v) is 3.95. The van der Waals surface area contributed by atoms with Crippen LogP contribution in [0, 0.1) is 0 Å². The Bertz CT molecular complexity index is 1180. The molecule has 8 heteroatoms. The molecule has 4 rings (SSSR count). The minimum Gasteiger partial charge on any atom is -0.450 e. The highest BCUT2D eigenvalue weighted by Crippen LogP contribution is 2.23. The zero-order valence-corrected chi connectivity index (χ0v) is 20.0. The van der Waals surface area contributed by atoms with Crippen LogP contribution in [0.4, 0.5) is 11.4 Å². The second kappa shape index (κ2) is 11.0. The zero-order valence-electron chi connectivity index (χ0n) is 20.0. The Morgan fingerprint density at radius 2 is 1.60 bits per heavy atom. The third-order valence-corrected chi connectivity index (χ3v) is 6.05. The summed E-state index contributed by atoms with van der Waals surface area (Å²) in [6.45, 7) is 8.36. The van der Waals surface area contributed by atoms with Gasteiger partial charge in [0.05, 0.1) is 0 Å². The van der Waals surface area contributed by atoms with Crippen molar-refractivity contribution in [1.29, 1.82) is 0 Å². The number of nitrogens with one attached hydrogen (secondary N) is 1. The number of Topliss-reactive ketones (excluding diaryl/α,β-unsaturated/α-hetero) is 1. The van der Waals surface area contributed by atoms with E-state index in [0.717, 1.165) is 44.0 Å². The molecule has 1 N–H and O–H groups in total. The van der Waals surface area contributed by atoms with Crippen molar-refractivity contribution in [1.82, 2.24) is 4.90 Å². The van der Waals surface area contributed by atoms with Crippen LogP contribution >= 0.6 is 0 Å². The maximum atomic E-state index is 12.3. The molecular formula is C27H29N3O5. The first-order valence-electron chi connectivity index (χ1n) is 11.7. The van der Waals surface area contributed by atoms with Gasteiger partial charge in [-0.3, -0.25) is 9.59 Å².